The highest BCUT2D eigenvalue weighted by atomic mass is 16.3. The van der Waals surface area contributed by atoms with Gasteiger partial charge in [0, 0.05) is 12.6 Å². The minimum Gasteiger partial charge on any atom is -0.392 e. The Morgan fingerprint density at radius 1 is 1.06 bits per heavy atom. The Balaban J connectivity index is 2.19. The first kappa shape index (κ1) is 12.1. The molecule has 2 aromatic carbocycles. The summed E-state index contributed by atoms with van der Waals surface area (Å²) < 4.78 is 0. The monoisotopic (exact) mass is 229 g/mol. The number of hydrogen-bond donors (Lipinski definition) is 2. The van der Waals surface area contributed by atoms with E-state index in [1.54, 1.807) is 6.92 Å². The van der Waals surface area contributed by atoms with Crippen LogP contribution in [0.25, 0.3) is 10.8 Å². The van der Waals surface area contributed by atoms with Gasteiger partial charge in [0.05, 0.1) is 6.10 Å². The lowest BCUT2D eigenvalue weighted by Gasteiger charge is -2.17. The van der Waals surface area contributed by atoms with Crippen molar-refractivity contribution in [2.24, 2.45) is 0 Å². The molecule has 0 aliphatic carbocycles. The Hall–Kier alpha value is -1.38. The highest BCUT2D eigenvalue weighted by molar-refractivity contribution is 5.85. The first-order valence-electron chi connectivity index (χ1n) is 6.06. The molecule has 2 unspecified atom stereocenters. The van der Waals surface area contributed by atoms with E-state index in [2.05, 4.69) is 47.8 Å². The lowest BCUT2D eigenvalue weighted by molar-refractivity contribution is 0.152. The van der Waals surface area contributed by atoms with Crippen molar-refractivity contribution in [3.8, 4) is 0 Å². The SMILES string of the molecule is CC(O)C(C)NCc1cccc2ccccc12. The van der Waals surface area contributed by atoms with Crippen LogP contribution in [0.2, 0.25) is 0 Å². The van der Waals surface area contributed by atoms with Crippen molar-refractivity contribution in [1.29, 1.82) is 0 Å². The summed E-state index contributed by atoms with van der Waals surface area (Å²) in [5.41, 5.74) is 1.27. The van der Waals surface area contributed by atoms with Crippen LogP contribution in [0.1, 0.15) is 19.4 Å². The molecule has 0 aromatic heterocycles. The molecule has 17 heavy (non-hydrogen) atoms. The van der Waals surface area contributed by atoms with Crippen molar-refractivity contribution >= 4 is 10.8 Å². The normalized spacial score (nSPS) is 14.8. The summed E-state index contributed by atoms with van der Waals surface area (Å²) in [6, 6.07) is 14.8. The van der Waals surface area contributed by atoms with E-state index in [1.807, 2.05) is 6.92 Å². The number of aliphatic hydroxyl groups excluding tert-OH is 1. The molecule has 2 aromatic rings. The average molecular weight is 229 g/mol. The summed E-state index contributed by atoms with van der Waals surface area (Å²) in [4.78, 5) is 0. The Morgan fingerprint density at radius 2 is 1.76 bits per heavy atom. The first-order chi connectivity index (χ1) is 8.18. The van der Waals surface area contributed by atoms with Crippen LogP contribution in [0.15, 0.2) is 42.5 Å². The molecular weight excluding hydrogens is 210 g/mol. The smallest absolute Gasteiger partial charge is 0.0662 e. The lowest BCUT2D eigenvalue weighted by Crippen LogP contribution is -2.34. The van der Waals surface area contributed by atoms with Gasteiger partial charge in [0.2, 0.25) is 0 Å². The topological polar surface area (TPSA) is 32.3 Å². The number of hydrogen-bond acceptors (Lipinski definition) is 2. The van der Waals surface area contributed by atoms with Crippen LogP contribution in [0.4, 0.5) is 0 Å². The highest BCUT2D eigenvalue weighted by Gasteiger charge is 2.08. The van der Waals surface area contributed by atoms with E-state index >= 15 is 0 Å². The summed E-state index contributed by atoms with van der Waals surface area (Å²) in [5.74, 6) is 0. The fourth-order valence-electron chi connectivity index (χ4n) is 1.89. The summed E-state index contributed by atoms with van der Waals surface area (Å²) in [5, 5.41) is 15.3. The van der Waals surface area contributed by atoms with E-state index in [4.69, 9.17) is 0 Å². The number of aliphatic hydroxyl groups is 1. The Morgan fingerprint density at radius 3 is 2.53 bits per heavy atom. The highest BCUT2D eigenvalue weighted by Crippen LogP contribution is 2.18. The molecule has 0 amide bonds. The van der Waals surface area contributed by atoms with Crippen LogP contribution in [0.3, 0.4) is 0 Å². The third kappa shape index (κ3) is 2.84. The van der Waals surface area contributed by atoms with Gasteiger partial charge in [-0.1, -0.05) is 42.5 Å². The molecule has 0 aliphatic heterocycles. The molecule has 90 valence electrons. The van der Waals surface area contributed by atoms with Crippen molar-refractivity contribution in [2.75, 3.05) is 0 Å². The fourth-order valence-corrected chi connectivity index (χ4v) is 1.89. The second kappa shape index (κ2) is 5.30. The Bertz CT molecular complexity index is 488. The molecule has 2 heteroatoms. The van der Waals surface area contributed by atoms with Crippen molar-refractivity contribution in [3.63, 3.8) is 0 Å². The predicted octanol–water partition coefficient (Wildman–Crippen LogP) is 2.70. The largest absolute Gasteiger partial charge is 0.392 e. The van der Waals surface area contributed by atoms with Crippen molar-refractivity contribution in [2.45, 2.75) is 32.5 Å². The summed E-state index contributed by atoms with van der Waals surface area (Å²) in [6.45, 7) is 4.59. The third-order valence-electron chi connectivity index (χ3n) is 3.22. The van der Waals surface area contributed by atoms with Crippen LogP contribution < -0.4 is 5.32 Å². The molecule has 0 saturated carbocycles. The van der Waals surface area contributed by atoms with Gasteiger partial charge in [-0.3, -0.25) is 0 Å². The number of nitrogens with one attached hydrogen (secondary N) is 1. The van der Waals surface area contributed by atoms with Crippen LogP contribution in [0.5, 0.6) is 0 Å². The van der Waals surface area contributed by atoms with Gasteiger partial charge >= 0.3 is 0 Å². The summed E-state index contributed by atoms with van der Waals surface area (Å²) in [6.07, 6.45) is -0.329. The lowest BCUT2D eigenvalue weighted by atomic mass is 10.0. The zero-order chi connectivity index (χ0) is 12.3. The predicted molar refractivity (Wildman–Crippen MR) is 71.9 cm³/mol. The van der Waals surface area contributed by atoms with E-state index in [-0.39, 0.29) is 12.1 Å². The quantitative estimate of drug-likeness (QED) is 0.845. The molecule has 0 bridgehead atoms. The number of benzene rings is 2. The van der Waals surface area contributed by atoms with Gasteiger partial charge in [-0.15, -0.1) is 0 Å². The zero-order valence-corrected chi connectivity index (χ0v) is 10.4. The maximum atomic E-state index is 9.45. The van der Waals surface area contributed by atoms with Crippen LogP contribution in [-0.2, 0) is 6.54 Å². The van der Waals surface area contributed by atoms with E-state index in [0.717, 1.165) is 6.54 Å². The Kier molecular flexibility index (Phi) is 3.77. The molecular formula is C15H19NO. The second-order valence-electron chi connectivity index (χ2n) is 4.55. The van der Waals surface area contributed by atoms with Gasteiger partial charge in [-0.2, -0.15) is 0 Å². The maximum absolute atomic E-state index is 9.45. The molecule has 0 fully saturated rings. The number of fused-ring (bicyclic) bond motifs is 1. The first-order valence-corrected chi connectivity index (χ1v) is 6.06. The maximum Gasteiger partial charge on any atom is 0.0662 e. The average Bonchev–Trinajstić information content (AvgIpc) is 2.35. The molecule has 0 saturated heterocycles. The van der Waals surface area contributed by atoms with Crippen LogP contribution >= 0.6 is 0 Å². The molecule has 2 atom stereocenters. The van der Waals surface area contributed by atoms with Crippen molar-refractivity contribution in [1.82, 2.24) is 5.32 Å². The van der Waals surface area contributed by atoms with Gasteiger partial charge in [-0.25, -0.2) is 0 Å². The molecule has 2 nitrogen and oxygen atoms in total. The second-order valence-corrected chi connectivity index (χ2v) is 4.55. The summed E-state index contributed by atoms with van der Waals surface area (Å²) >= 11 is 0. The van der Waals surface area contributed by atoms with Crippen molar-refractivity contribution < 1.29 is 5.11 Å². The fraction of sp³-hybridized carbons (Fsp3) is 0.333. The number of rotatable bonds is 4. The van der Waals surface area contributed by atoms with Crippen LogP contribution in [-0.4, -0.2) is 17.3 Å². The van der Waals surface area contributed by atoms with E-state index < -0.39 is 0 Å². The zero-order valence-electron chi connectivity index (χ0n) is 10.4. The van der Waals surface area contributed by atoms with Gasteiger partial charge in [-0.05, 0) is 30.2 Å². The van der Waals surface area contributed by atoms with Crippen LogP contribution in [0, 0.1) is 0 Å². The molecule has 2 rings (SSSR count). The van der Waals surface area contributed by atoms with E-state index in [9.17, 15) is 5.11 Å². The third-order valence-corrected chi connectivity index (χ3v) is 3.22. The minimum absolute atomic E-state index is 0.106. The van der Waals surface area contributed by atoms with Gasteiger partial charge in [0.25, 0.3) is 0 Å². The standard InChI is InChI=1S/C15H19NO/c1-11(12(2)17)16-10-14-8-5-7-13-6-3-4-9-15(13)14/h3-9,11-12,16-17H,10H2,1-2H3. The van der Waals surface area contributed by atoms with E-state index in [0.29, 0.717) is 0 Å². The molecule has 0 aliphatic rings. The van der Waals surface area contributed by atoms with Gasteiger partial charge in [0.1, 0.15) is 0 Å². The molecule has 0 spiro atoms. The minimum atomic E-state index is -0.329. The molecule has 0 heterocycles. The Labute approximate surface area is 102 Å². The summed E-state index contributed by atoms with van der Waals surface area (Å²) in [7, 11) is 0. The molecule has 0 radical (unpaired) electrons. The van der Waals surface area contributed by atoms with Crippen molar-refractivity contribution in [3.05, 3.63) is 48.0 Å². The van der Waals surface area contributed by atoms with E-state index in [1.165, 1.54) is 16.3 Å². The molecule has 2 N–H and O–H groups in total. The van der Waals surface area contributed by atoms with Gasteiger partial charge in [0.15, 0.2) is 0 Å². The van der Waals surface area contributed by atoms with Gasteiger partial charge < -0.3 is 10.4 Å².